The van der Waals surface area contributed by atoms with Crippen LogP contribution in [0.1, 0.15) is 31.4 Å². The molecule has 2 aliphatic heterocycles. The lowest BCUT2D eigenvalue weighted by atomic mass is 9.98. The molecule has 2 atom stereocenters. The molecule has 0 N–H and O–H groups in total. The topological polar surface area (TPSA) is 67.7 Å². The molecule has 0 radical (unpaired) electrons. The molecule has 32 heavy (non-hydrogen) atoms. The van der Waals surface area contributed by atoms with Crippen molar-refractivity contribution in [2.24, 2.45) is 0 Å². The van der Waals surface area contributed by atoms with E-state index in [0.29, 0.717) is 13.1 Å². The molecule has 1 aromatic carbocycles. The van der Waals surface area contributed by atoms with Gasteiger partial charge in [-0.25, -0.2) is 4.79 Å². The summed E-state index contributed by atoms with van der Waals surface area (Å²) in [4.78, 5) is 30.3. The molecule has 3 aromatic rings. The van der Waals surface area contributed by atoms with E-state index >= 15 is 0 Å². The van der Waals surface area contributed by atoms with Crippen LogP contribution in [0.25, 0.3) is 10.6 Å². The summed E-state index contributed by atoms with van der Waals surface area (Å²) in [5.74, 6) is 0.0588. The van der Waals surface area contributed by atoms with E-state index < -0.39 is 0 Å². The first-order valence-electron chi connectivity index (χ1n) is 11.0. The fourth-order valence-corrected chi connectivity index (χ4v) is 5.38. The number of benzene rings is 1. The number of nitrogens with zero attached hydrogens (tertiary/aromatic N) is 4. The van der Waals surface area contributed by atoms with Gasteiger partial charge >= 0.3 is 6.09 Å². The molecule has 0 spiro atoms. The zero-order valence-corrected chi connectivity index (χ0v) is 18.8. The summed E-state index contributed by atoms with van der Waals surface area (Å²) < 4.78 is 7.41. The molecule has 2 aromatic heterocycles. The molecule has 8 heteroatoms. The maximum absolute atomic E-state index is 12.8. The van der Waals surface area contributed by atoms with Crippen LogP contribution in [-0.4, -0.2) is 56.8 Å². The van der Waals surface area contributed by atoms with Gasteiger partial charge in [0.1, 0.15) is 18.3 Å². The molecule has 0 aliphatic carbocycles. The van der Waals surface area contributed by atoms with Gasteiger partial charge in [0.25, 0.3) is 0 Å². The average Bonchev–Trinajstić information content (AvgIpc) is 3.55. The van der Waals surface area contributed by atoms with Crippen molar-refractivity contribution >= 4 is 23.3 Å². The van der Waals surface area contributed by atoms with E-state index in [1.807, 2.05) is 76.8 Å². The highest BCUT2D eigenvalue weighted by Crippen LogP contribution is 2.35. The van der Waals surface area contributed by atoms with Crippen LogP contribution in [-0.2, 0) is 16.1 Å². The van der Waals surface area contributed by atoms with Gasteiger partial charge in [-0.15, -0.1) is 11.3 Å². The van der Waals surface area contributed by atoms with Crippen molar-refractivity contribution in [3.8, 4) is 10.6 Å². The first-order valence-corrected chi connectivity index (χ1v) is 11.9. The molecule has 5 rings (SSSR count). The maximum Gasteiger partial charge on any atom is 0.411 e. The van der Waals surface area contributed by atoms with Gasteiger partial charge in [-0.3, -0.25) is 14.4 Å². The van der Waals surface area contributed by atoms with E-state index in [1.165, 1.54) is 0 Å². The number of piperidine rings is 1. The molecule has 7 nitrogen and oxygen atoms in total. The van der Waals surface area contributed by atoms with Crippen molar-refractivity contribution in [2.75, 3.05) is 13.1 Å². The Morgan fingerprint density at radius 1 is 1.12 bits per heavy atom. The highest BCUT2D eigenvalue weighted by Gasteiger charge is 2.44. The zero-order chi connectivity index (χ0) is 22.1. The summed E-state index contributed by atoms with van der Waals surface area (Å²) in [6.07, 6.45) is 2.86. The number of aromatic nitrogens is 2. The van der Waals surface area contributed by atoms with Crippen LogP contribution >= 0.6 is 11.3 Å². The highest BCUT2D eigenvalue weighted by atomic mass is 32.1. The van der Waals surface area contributed by atoms with Gasteiger partial charge in [0, 0.05) is 25.3 Å². The van der Waals surface area contributed by atoms with Crippen molar-refractivity contribution < 1.29 is 14.3 Å². The Hall–Kier alpha value is -3.13. The fraction of sp³-hybridized carbons (Fsp3) is 0.375. The Kier molecular flexibility index (Phi) is 5.70. The van der Waals surface area contributed by atoms with Gasteiger partial charge in [0.2, 0.25) is 5.91 Å². The fourth-order valence-electron chi connectivity index (χ4n) is 4.69. The van der Waals surface area contributed by atoms with E-state index in [2.05, 4.69) is 5.10 Å². The minimum atomic E-state index is -0.256. The monoisotopic (exact) mass is 450 g/mol. The molecule has 2 amide bonds. The molecule has 0 saturated carbocycles. The smallest absolute Gasteiger partial charge is 0.411 e. The lowest BCUT2D eigenvalue weighted by Gasteiger charge is -2.37. The third-order valence-corrected chi connectivity index (χ3v) is 7.26. The largest absolute Gasteiger partial charge is 0.439 e. The Balaban J connectivity index is 1.17. The van der Waals surface area contributed by atoms with E-state index in [0.717, 1.165) is 29.0 Å². The Labute approximate surface area is 191 Å². The van der Waals surface area contributed by atoms with Gasteiger partial charge in [0.05, 0.1) is 10.9 Å². The normalized spacial score (nSPS) is 21.7. The number of hydrogen-bond donors (Lipinski definition) is 0. The summed E-state index contributed by atoms with van der Waals surface area (Å²) in [5, 5.41) is 6.55. The van der Waals surface area contributed by atoms with E-state index in [9.17, 15) is 9.59 Å². The van der Waals surface area contributed by atoms with Crippen LogP contribution in [0.15, 0.2) is 60.1 Å². The van der Waals surface area contributed by atoms with Crippen molar-refractivity contribution in [3.05, 3.63) is 65.7 Å². The molecular weight excluding hydrogens is 424 g/mol. The minimum Gasteiger partial charge on any atom is -0.439 e. The summed E-state index contributed by atoms with van der Waals surface area (Å²) in [6, 6.07) is 15.9. The van der Waals surface area contributed by atoms with Crippen molar-refractivity contribution in [1.29, 1.82) is 0 Å². The van der Waals surface area contributed by atoms with Crippen LogP contribution in [0.3, 0.4) is 0 Å². The van der Waals surface area contributed by atoms with Gasteiger partial charge < -0.3 is 9.64 Å². The lowest BCUT2D eigenvalue weighted by Crippen LogP contribution is -2.49. The predicted octanol–water partition coefficient (Wildman–Crippen LogP) is 4.18. The van der Waals surface area contributed by atoms with Crippen LogP contribution < -0.4 is 0 Å². The summed E-state index contributed by atoms with van der Waals surface area (Å²) in [5.41, 5.74) is 1.91. The Morgan fingerprint density at radius 2 is 1.91 bits per heavy atom. The second kappa shape index (κ2) is 8.78. The van der Waals surface area contributed by atoms with Crippen molar-refractivity contribution in [1.82, 2.24) is 19.6 Å². The average molecular weight is 451 g/mol. The quantitative estimate of drug-likeness (QED) is 0.585. The predicted molar refractivity (Wildman–Crippen MR) is 122 cm³/mol. The van der Waals surface area contributed by atoms with E-state index in [1.54, 1.807) is 16.0 Å². The van der Waals surface area contributed by atoms with Gasteiger partial charge in [-0.05, 0) is 42.8 Å². The number of cyclic esters (lactones) is 1. The van der Waals surface area contributed by atoms with Crippen LogP contribution in [0, 0.1) is 0 Å². The maximum atomic E-state index is 12.8. The summed E-state index contributed by atoms with van der Waals surface area (Å²) in [7, 11) is 0. The van der Waals surface area contributed by atoms with Crippen molar-refractivity contribution in [3.63, 3.8) is 0 Å². The molecule has 4 heterocycles. The van der Waals surface area contributed by atoms with Gasteiger partial charge in [-0.2, -0.15) is 5.10 Å². The van der Waals surface area contributed by atoms with Crippen LogP contribution in [0.5, 0.6) is 0 Å². The van der Waals surface area contributed by atoms with Crippen LogP contribution in [0.4, 0.5) is 4.79 Å². The number of carbonyl (C=O) groups is 2. The molecule has 166 valence electrons. The van der Waals surface area contributed by atoms with E-state index in [-0.39, 0.29) is 36.7 Å². The molecule has 2 aliphatic rings. The first-order chi connectivity index (χ1) is 15.6. The third kappa shape index (κ3) is 4.02. The highest BCUT2D eigenvalue weighted by molar-refractivity contribution is 7.13. The molecule has 0 bridgehead atoms. The molecule has 2 fully saturated rings. The SMILES string of the molecule is C[C@H]1[C@@H](c2ccccc2)OC(=O)N1C1CCN(C(=O)Cn2ccc(-c3cccs3)n2)CC1. The molecule has 0 unspecified atom stereocenters. The van der Waals surface area contributed by atoms with E-state index in [4.69, 9.17) is 4.74 Å². The summed E-state index contributed by atoms with van der Waals surface area (Å²) in [6.45, 7) is 3.54. The van der Waals surface area contributed by atoms with Crippen LogP contribution in [0.2, 0.25) is 0 Å². The number of amides is 2. The second-order valence-electron chi connectivity index (χ2n) is 8.35. The van der Waals surface area contributed by atoms with Gasteiger partial charge in [-0.1, -0.05) is 36.4 Å². The minimum absolute atomic E-state index is 0.0306. The number of rotatable bonds is 5. The molecular formula is C24H26N4O3S. The van der Waals surface area contributed by atoms with Crippen molar-refractivity contribution in [2.45, 2.75) is 44.5 Å². The second-order valence-corrected chi connectivity index (χ2v) is 9.30. The number of likely N-dealkylation sites (tertiary alicyclic amines) is 1. The lowest BCUT2D eigenvalue weighted by molar-refractivity contribution is -0.133. The van der Waals surface area contributed by atoms with Gasteiger partial charge in [0.15, 0.2) is 0 Å². The Morgan fingerprint density at radius 3 is 2.62 bits per heavy atom. The Bertz CT molecular complexity index is 1070. The number of ether oxygens (including phenoxy) is 1. The third-order valence-electron chi connectivity index (χ3n) is 6.37. The number of hydrogen-bond acceptors (Lipinski definition) is 5. The first kappa shape index (κ1) is 20.8. The molecule has 2 saturated heterocycles. The number of carbonyl (C=O) groups excluding carboxylic acids is 2. The summed E-state index contributed by atoms with van der Waals surface area (Å²) >= 11 is 1.63. The zero-order valence-electron chi connectivity index (χ0n) is 18.0. The number of thiophene rings is 1. The standard InChI is InChI=1S/C24H26N4O3S/c1-17-23(18-6-3-2-4-7-18)31-24(30)28(17)19-9-12-26(13-10-19)22(29)16-27-14-11-20(25-27)21-8-5-15-32-21/h2-8,11,14-15,17,19,23H,9-10,12-13,16H2,1H3/t17-,23-/m0/s1.